The number of ether oxygens (including phenoxy) is 2. The molecule has 6 nitrogen and oxygen atoms in total. The Kier molecular flexibility index (Phi) is 3.36. The fraction of sp³-hybridized carbons (Fsp3) is 0.583. The third-order valence-corrected chi connectivity index (χ3v) is 2.94. The second-order valence-electron chi connectivity index (χ2n) is 4.40. The molecule has 1 fully saturated rings. The van der Waals surface area contributed by atoms with Crippen LogP contribution in [-0.2, 0) is 32.7 Å². The maximum absolute atomic E-state index is 11.9. The van der Waals surface area contributed by atoms with Crippen molar-refractivity contribution in [2.75, 3.05) is 6.61 Å². The molecule has 1 aromatic heterocycles. The molecule has 0 saturated heterocycles. The topological polar surface area (TPSA) is 70.4 Å². The second kappa shape index (κ2) is 4.80. The number of aromatic nitrogens is 2. The van der Waals surface area contributed by atoms with Crippen molar-refractivity contribution in [3.63, 3.8) is 0 Å². The molecular weight excluding hydrogens is 236 g/mol. The molecule has 0 spiro atoms. The summed E-state index contributed by atoms with van der Waals surface area (Å²) in [6, 6.07) is 0. The van der Waals surface area contributed by atoms with Crippen LogP contribution in [0.15, 0.2) is 12.4 Å². The number of carbonyl (C=O) groups is 2. The molecule has 0 amide bonds. The first-order valence-corrected chi connectivity index (χ1v) is 5.90. The Labute approximate surface area is 105 Å². The SMILES string of the molecule is CCOC(=O)C1(C(=O)OCc2cnn(C)c2)CC1. The van der Waals surface area contributed by atoms with Crippen LogP contribution < -0.4 is 0 Å². The molecule has 0 unspecified atom stereocenters. The van der Waals surface area contributed by atoms with Gasteiger partial charge in [0.1, 0.15) is 6.61 Å². The maximum Gasteiger partial charge on any atom is 0.323 e. The van der Waals surface area contributed by atoms with Gasteiger partial charge in [-0.05, 0) is 19.8 Å². The largest absolute Gasteiger partial charge is 0.465 e. The van der Waals surface area contributed by atoms with Crippen LogP contribution in [0.25, 0.3) is 0 Å². The first-order valence-electron chi connectivity index (χ1n) is 5.90. The number of carbonyl (C=O) groups excluding carboxylic acids is 2. The number of nitrogens with zero attached hydrogens (tertiary/aromatic N) is 2. The summed E-state index contributed by atoms with van der Waals surface area (Å²) in [6.45, 7) is 2.12. The molecule has 1 aromatic rings. The number of rotatable bonds is 5. The molecule has 18 heavy (non-hydrogen) atoms. The standard InChI is InChI=1S/C12H16N2O4/c1-3-17-10(15)12(4-5-12)11(16)18-8-9-6-13-14(2)7-9/h6-7H,3-5,8H2,1-2H3. The molecule has 0 aliphatic heterocycles. The Morgan fingerprint density at radius 2 is 2.06 bits per heavy atom. The summed E-state index contributed by atoms with van der Waals surface area (Å²) in [5.74, 6) is -0.967. The van der Waals surface area contributed by atoms with Gasteiger partial charge in [-0.25, -0.2) is 0 Å². The van der Waals surface area contributed by atoms with Crippen LogP contribution >= 0.6 is 0 Å². The van der Waals surface area contributed by atoms with Crippen LogP contribution in [-0.4, -0.2) is 28.3 Å². The van der Waals surface area contributed by atoms with Crippen LogP contribution in [0.1, 0.15) is 25.3 Å². The zero-order valence-corrected chi connectivity index (χ0v) is 10.5. The molecule has 0 atom stereocenters. The van der Waals surface area contributed by atoms with Crippen molar-refractivity contribution in [1.82, 2.24) is 9.78 Å². The van der Waals surface area contributed by atoms with Gasteiger partial charge in [-0.2, -0.15) is 5.10 Å². The van der Waals surface area contributed by atoms with Gasteiger partial charge in [-0.15, -0.1) is 0 Å². The quantitative estimate of drug-likeness (QED) is 0.573. The van der Waals surface area contributed by atoms with Crippen molar-refractivity contribution in [1.29, 1.82) is 0 Å². The van der Waals surface area contributed by atoms with E-state index in [9.17, 15) is 9.59 Å². The van der Waals surface area contributed by atoms with Gasteiger partial charge in [0.05, 0.1) is 12.8 Å². The van der Waals surface area contributed by atoms with E-state index in [0.29, 0.717) is 12.8 Å². The summed E-state index contributed by atoms with van der Waals surface area (Å²) in [5.41, 5.74) is -0.247. The normalized spacial score (nSPS) is 16.1. The van der Waals surface area contributed by atoms with Crippen molar-refractivity contribution in [2.45, 2.75) is 26.4 Å². The van der Waals surface area contributed by atoms with E-state index in [-0.39, 0.29) is 13.2 Å². The van der Waals surface area contributed by atoms with Crippen molar-refractivity contribution in [2.24, 2.45) is 12.5 Å². The molecular formula is C12H16N2O4. The molecule has 1 aliphatic carbocycles. The zero-order valence-electron chi connectivity index (χ0n) is 10.5. The van der Waals surface area contributed by atoms with Crippen molar-refractivity contribution in [3.05, 3.63) is 18.0 Å². The van der Waals surface area contributed by atoms with Crippen LogP contribution in [0.3, 0.4) is 0 Å². The average molecular weight is 252 g/mol. The van der Waals surface area contributed by atoms with Crippen molar-refractivity contribution in [3.8, 4) is 0 Å². The molecule has 1 heterocycles. The summed E-state index contributed by atoms with van der Waals surface area (Å²) in [7, 11) is 1.78. The molecule has 1 saturated carbocycles. The van der Waals surface area contributed by atoms with Gasteiger partial charge in [0.2, 0.25) is 0 Å². The summed E-state index contributed by atoms with van der Waals surface area (Å²) in [5, 5.41) is 3.97. The van der Waals surface area contributed by atoms with Crippen LogP contribution in [0.5, 0.6) is 0 Å². The third-order valence-electron chi connectivity index (χ3n) is 2.94. The first-order chi connectivity index (χ1) is 8.58. The number of hydrogen-bond acceptors (Lipinski definition) is 5. The lowest BCUT2D eigenvalue weighted by Gasteiger charge is -2.12. The average Bonchev–Trinajstić information content (AvgIpc) is 3.05. The van der Waals surface area contributed by atoms with E-state index < -0.39 is 17.4 Å². The highest BCUT2D eigenvalue weighted by Crippen LogP contribution is 2.48. The predicted molar refractivity (Wildman–Crippen MR) is 61.3 cm³/mol. The van der Waals surface area contributed by atoms with E-state index in [1.165, 1.54) is 0 Å². The molecule has 98 valence electrons. The van der Waals surface area contributed by atoms with E-state index in [0.717, 1.165) is 5.56 Å². The van der Waals surface area contributed by atoms with Gasteiger partial charge in [0.15, 0.2) is 5.41 Å². The van der Waals surface area contributed by atoms with Gasteiger partial charge in [0.25, 0.3) is 0 Å². The monoisotopic (exact) mass is 252 g/mol. The Morgan fingerprint density at radius 1 is 1.39 bits per heavy atom. The van der Waals surface area contributed by atoms with Gasteiger partial charge < -0.3 is 9.47 Å². The molecule has 0 aromatic carbocycles. The van der Waals surface area contributed by atoms with E-state index in [2.05, 4.69) is 5.10 Å². The molecule has 0 radical (unpaired) electrons. The minimum absolute atomic E-state index is 0.133. The smallest absolute Gasteiger partial charge is 0.323 e. The Hall–Kier alpha value is -1.85. The summed E-state index contributed by atoms with van der Waals surface area (Å²) in [6.07, 6.45) is 4.41. The molecule has 0 bridgehead atoms. The zero-order chi connectivity index (χ0) is 13.2. The number of esters is 2. The van der Waals surface area contributed by atoms with Crippen LogP contribution in [0.4, 0.5) is 0 Å². The van der Waals surface area contributed by atoms with Gasteiger partial charge in [-0.3, -0.25) is 14.3 Å². The fourth-order valence-corrected chi connectivity index (χ4v) is 1.72. The lowest BCUT2D eigenvalue weighted by molar-refractivity contribution is -0.165. The highest BCUT2D eigenvalue weighted by molar-refractivity contribution is 6.03. The van der Waals surface area contributed by atoms with E-state index >= 15 is 0 Å². The van der Waals surface area contributed by atoms with E-state index in [1.807, 2.05) is 0 Å². The fourth-order valence-electron chi connectivity index (χ4n) is 1.72. The van der Waals surface area contributed by atoms with Gasteiger partial charge in [-0.1, -0.05) is 0 Å². The lowest BCUT2D eigenvalue weighted by Crippen LogP contribution is -2.29. The maximum atomic E-state index is 11.9. The summed E-state index contributed by atoms with van der Waals surface area (Å²) < 4.78 is 11.7. The second-order valence-corrected chi connectivity index (χ2v) is 4.40. The van der Waals surface area contributed by atoms with Crippen LogP contribution in [0.2, 0.25) is 0 Å². The predicted octanol–water partition coefficient (Wildman–Crippen LogP) is 0.807. The molecule has 2 rings (SSSR count). The minimum atomic E-state index is -1.04. The lowest BCUT2D eigenvalue weighted by atomic mass is 10.1. The third kappa shape index (κ3) is 2.37. The van der Waals surface area contributed by atoms with Crippen molar-refractivity contribution >= 4 is 11.9 Å². The molecule has 0 N–H and O–H groups in total. The molecule has 6 heteroatoms. The summed E-state index contributed by atoms with van der Waals surface area (Å²) >= 11 is 0. The highest BCUT2D eigenvalue weighted by atomic mass is 16.6. The highest BCUT2D eigenvalue weighted by Gasteiger charge is 2.59. The number of hydrogen-bond donors (Lipinski definition) is 0. The Balaban J connectivity index is 1.90. The first kappa shape index (κ1) is 12.6. The Bertz CT molecular complexity index is 462. The van der Waals surface area contributed by atoms with E-state index in [4.69, 9.17) is 9.47 Å². The van der Waals surface area contributed by atoms with E-state index in [1.54, 1.807) is 31.0 Å². The number of aryl methyl sites for hydroxylation is 1. The van der Waals surface area contributed by atoms with Crippen LogP contribution in [0, 0.1) is 5.41 Å². The van der Waals surface area contributed by atoms with Gasteiger partial charge in [0, 0.05) is 18.8 Å². The van der Waals surface area contributed by atoms with Gasteiger partial charge >= 0.3 is 11.9 Å². The molecule has 1 aliphatic rings. The minimum Gasteiger partial charge on any atom is -0.465 e. The Morgan fingerprint density at radius 3 is 2.56 bits per heavy atom. The van der Waals surface area contributed by atoms with Crippen molar-refractivity contribution < 1.29 is 19.1 Å². The summed E-state index contributed by atoms with van der Waals surface area (Å²) in [4.78, 5) is 23.5.